The summed E-state index contributed by atoms with van der Waals surface area (Å²) in [5, 5.41) is 6.19. The maximum Gasteiger partial charge on any atom is 0.220 e. The molecule has 1 aliphatic carbocycles. The second kappa shape index (κ2) is 6.36. The Morgan fingerprint density at radius 2 is 2.26 bits per heavy atom. The molecule has 2 rings (SSSR count). The van der Waals surface area contributed by atoms with Crippen LogP contribution in [0.15, 0.2) is 6.33 Å². The van der Waals surface area contributed by atoms with Crippen LogP contribution in [0.1, 0.15) is 38.2 Å². The molecule has 1 aromatic heterocycles. The number of amides is 1. The zero-order valence-electron chi connectivity index (χ0n) is 11.3. The van der Waals surface area contributed by atoms with Crippen molar-refractivity contribution in [3.05, 3.63) is 11.9 Å². The van der Waals surface area contributed by atoms with Crippen molar-refractivity contribution in [3.63, 3.8) is 0 Å². The summed E-state index contributed by atoms with van der Waals surface area (Å²) >= 11 is 0. The SMILES string of the molecule is CCc1c(N)ncnc1NCCCC(=O)NC1CC1. The third-order valence-corrected chi connectivity index (χ3v) is 3.15. The van der Waals surface area contributed by atoms with Gasteiger partial charge in [0, 0.05) is 24.6 Å². The van der Waals surface area contributed by atoms with Gasteiger partial charge in [0.05, 0.1) is 0 Å². The smallest absolute Gasteiger partial charge is 0.220 e. The molecule has 6 nitrogen and oxygen atoms in total. The van der Waals surface area contributed by atoms with E-state index in [1.165, 1.54) is 6.33 Å². The van der Waals surface area contributed by atoms with Gasteiger partial charge in [0.15, 0.2) is 0 Å². The number of carbonyl (C=O) groups excluding carboxylic acids is 1. The summed E-state index contributed by atoms with van der Waals surface area (Å²) in [5.74, 6) is 1.44. The van der Waals surface area contributed by atoms with Crippen LogP contribution in [0.2, 0.25) is 0 Å². The normalized spacial score (nSPS) is 14.2. The summed E-state index contributed by atoms with van der Waals surface area (Å²) in [7, 11) is 0. The Labute approximate surface area is 113 Å². The molecular formula is C13H21N5O. The van der Waals surface area contributed by atoms with Gasteiger partial charge in [-0.2, -0.15) is 0 Å². The van der Waals surface area contributed by atoms with Gasteiger partial charge < -0.3 is 16.4 Å². The molecule has 0 unspecified atom stereocenters. The summed E-state index contributed by atoms with van der Waals surface area (Å²) in [4.78, 5) is 19.6. The quantitative estimate of drug-likeness (QED) is 0.640. The predicted octanol–water partition coefficient (Wildman–Crippen LogP) is 1.09. The molecule has 0 atom stereocenters. The van der Waals surface area contributed by atoms with Crippen LogP contribution in [0.4, 0.5) is 11.6 Å². The fourth-order valence-electron chi connectivity index (χ4n) is 1.91. The topological polar surface area (TPSA) is 92.9 Å². The molecule has 104 valence electrons. The number of hydrogen-bond donors (Lipinski definition) is 3. The van der Waals surface area contributed by atoms with Gasteiger partial charge in [-0.15, -0.1) is 0 Å². The molecule has 1 aliphatic rings. The van der Waals surface area contributed by atoms with Crippen LogP contribution < -0.4 is 16.4 Å². The molecule has 0 radical (unpaired) electrons. The van der Waals surface area contributed by atoms with Crippen LogP contribution >= 0.6 is 0 Å². The van der Waals surface area contributed by atoms with Crippen molar-refractivity contribution in [1.29, 1.82) is 0 Å². The van der Waals surface area contributed by atoms with Gasteiger partial charge in [0.25, 0.3) is 0 Å². The highest BCUT2D eigenvalue weighted by Crippen LogP contribution is 2.19. The standard InChI is InChI=1S/C13H21N5O/c1-2-10-12(14)16-8-17-13(10)15-7-3-4-11(19)18-9-5-6-9/h8-9H,2-7H2,1H3,(H,18,19)(H3,14,15,16,17). The summed E-state index contributed by atoms with van der Waals surface area (Å²) in [6.45, 7) is 2.73. The monoisotopic (exact) mass is 263 g/mol. The lowest BCUT2D eigenvalue weighted by Crippen LogP contribution is -2.25. The van der Waals surface area contributed by atoms with E-state index in [0.29, 0.717) is 24.8 Å². The fourth-order valence-corrected chi connectivity index (χ4v) is 1.91. The van der Waals surface area contributed by atoms with Gasteiger partial charge in [-0.3, -0.25) is 4.79 Å². The van der Waals surface area contributed by atoms with Crippen molar-refractivity contribution in [2.45, 2.75) is 45.1 Å². The molecule has 1 aromatic rings. The Morgan fingerprint density at radius 3 is 2.95 bits per heavy atom. The Balaban J connectivity index is 1.72. The lowest BCUT2D eigenvalue weighted by Gasteiger charge is -2.10. The minimum Gasteiger partial charge on any atom is -0.383 e. The second-order valence-corrected chi connectivity index (χ2v) is 4.81. The maximum absolute atomic E-state index is 11.5. The molecule has 1 heterocycles. The first-order valence-corrected chi connectivity index (χ1v) is 6.83. The number of aromatic nitrogens is 2. The molecule has 1 saturated carbocycles. The second-order valence-electron chi connectivity index (χ2n) is 4.81. The van der Waals surface area contributed by atoms with E-state index in [2.05, 4.69) is 20.6 Å². The molecule has 4 N–H and O–H groups in total. The summed E-state index contributed by atoms with van der Waals surface area (Å²) in [6, 6.07) is 0.439. The number of anilines is 2. The number of rotatable bonds is 7. The van der Waals surface area contributed by atoms with Crippen molar-refractivity contribution in [1.82, 2.24) is 15.3 Å². The third-order valence-electron chi connectivity index (χ3n) is 3.15. The van der Waals surface area contributed by atoms with Gasteiger partial charge in [0.1, 0.15) is 18.0 Å². The maximum atomic E-state index is 11.5. The Morgan fingerprint density at radius 1 is 1.47 bits per heavy atom. The number of nitrogens with one attached hydrogen (secondary N) is 2. The van der Waals surface area contributed by atoms with E-state index in [0.717, 1.165) is 37.1 Å². The molecular weight excluding hydrogens is 242 g/mol. The van der Waals surface area contributed by atoms with Crippen molar-refractivity contribution in [3.8, 4) is 0 Å². The molecule has 0 bridgehead atoms. The fraction of sp³-hybridized carbons (Fsp3) is 0.615. The van der Waals surface area contributed by atoms with Gasteiger partial charge in [-0.25, -0.2) is 9.97 Å². The van der Waals surface area contributed by atoms with Crippen molar-refractivity contribution < 1.29 is 4.79 Å². The lowest BCUT2D eigenvalue weighted by molar-refractivity contribution is -0.121. The average Bonchev–Trinajstić information content (AvgIpc) is 3.18. The largest absolute Gasteiger partial charge is 0.383 e. The zero-order valence-corrected chi connectivity index (χ0v) is 11.3. The summed E-state index contributed by atoms with van der Waals surface area (Å²) in [5.41, 5.74) is 6.73. The highest BCUT2D eigenvalue weighted by atomic mass is 16.1. The first-order chi connectivity index (χ1) is 9.20. The highest BCUT2D eigenvalue weighted by Gasteiger charge is 2.22. The summed E-state index contributed by atoms with van der Waals surface area (Å²) in [6.07, 6.45) is 5.83. The minimum atomic E-state index is 0.141. The number of nitrogen functional groups attached to an aromatic ring is 1. The molecule has 0 aliphatic heterocycles. The van der Waals surface area contributed by atoms with Crippen LogP contribution in [0, 0.1) is 0 Å². The van der Waals surface area contributed by atoms with E-state index in [1.54, 1.807) is 0 Å². The predicted molar refractivity (Wildman–Crippen MR) is 74.7 cm³/mol. The van der Waals surface area contributed by atoms with E-state index in [9.17, 15) is 4.79 Å². The van der Waals surface area contributed by atoms with Crippen molar-refractivity contribution >= 4 is 17.5 Å². The zero-order chi connectivity index (χ0) is 13.7. The first-order valence-electron chi connectivity index (χ1n) is 6.83. The first kappa shape index (κ1) is 13.6. The Kier molecular flexibility index (Phi) is 4.54. The number of nitrogens with zero attached hydrogens (tertiary/aromatic N) is 2. The van der Waals surface area contributed by atoms with Crippen LogP contribution in [-0.2, 0) is 11.2 Å². The number of hydrogen-bond acceptors (Lipinski definition) is 5. The number of carbonyl (C=O) groups is 1. The Hall–Kier alpha value is -1.85. The van der Waals surface area contributed by atoms with E-state index < -0.39 is 0 Å². The van der Waals surface area contributed by atoms with E-state index in [-0.39, 0.29) is 5.91 Å². The molecule has 0 spiro atoms. The molecule has 0 saturated heterocycles. The molecule has 1 amide bonds. The van der Waals surface area contributed by atoms with Gasteiger partial charge in [0.2, 0.25) is 5.91 Å². The lowest BCUT2D eigenvalue weighted by atomic mass is 10.2. The highest BCUT2D eigenvalue weighted by molar-refractivity contribution is 5.76. The molecule has 0 aromatic carbocycles. The Bertz CT molecular complexity index is 445. The molecule has 19 heavy (non-hydrogen) atoms. The van der Waals surface area contributed by atoms with E-state index in [4.69, 9.17) is 5.73 Å². The van der Waals surface area contributed by atoms with Crippen LogP contribution in [-0.4, -0.2) is 28.5 Å². The van der Waals surface area contributed by atoms with Crippen molar-refractivity contribution in [2.24, 2.45) is 0 Å². The average molecular weight is 263 g/mol. The van der Waals surface area contributed by atoms with E-state index >= 15 is 0 Å². The summed E-state index contributed by atoms with van der Waals surface area (Å²) < 4.78 is 0. The van der Waals surface area contributed by atoms with E-state index in [1.807, 2.05) is 6.92 Å². The number of nitrogens with two attached hydrogens (primary N) is 1. The van der Waals surface area contributed by atoms with Crippen LogP contribution in [0.5, 0.6) is 0 Å². The third kappa shape index (κ3) is 4.08. The van der Waals surface area contributed by atoms with Crippen LogP contribution in [0.3, 0.4) is 0 Å². The van der Waals surface area contributed by atoms with Gasteiger partial charge in [-0.05, 0) is 25.7 Å². The van der Waals surface area contributed by atoms with Crippen molar-refractivity contribution in [2.75, 3.05) is 17.6 Å². The van der Waals surface area contributed by atoms with Gasteiger partial charge in [-0.1, -0.05) is 6.92 Å². The molecule has 6 heteroatoms. The minimum absolute atomic E-state index is 0.141. The van der Waals surface area contributed by atoms with Crippen LogP contribution in [0.25, 0.3) is 0 Å². The van der Waals surface area contributed by atoms with Gasteiger partial charge >= 0.3 is 0 Å². The molecule has 1 fully saturated rings.